The Hall–Kier alpha value is -2.53. The van der Waals surface area contributed by atoms with Crippen molar-refractivity contribution in [2.24, 2.45) is 0 Å². The van der Waals surface area contributed by atoms with Crippen LogP contribution in [-0.2, 0) is 0 Å². The number of aromatic nitrogens is 1. The quantitative estimate of drug-likeness (QED) is 0.613. The third-order valence-electron chi connectivity index (χ3n) is 5.05. The van der Waals surface area contributed by atoms with Gasteiger partial charge in [0.05, 0.1) is 11.9 Å². The lowest BCUT2D eigenvalue weighted by Crippen LogP contribution is -2.43. The molecular formula is C22H22BrN3O. The first-order chi connectivity index (χ1) is 13.2. The summed E-state index contributed by atoms with van der Waals surface area (Å²) in [7, 11) is 0. The van der Waals surface area contributed by atoms with Crippen molar-refractivity contribution in [3.63, 3.8) is 0 Å². The van der Waals surface area contributed by atoms with Crippen LogP contribution in [0.1, 0.15) is 12.8 Å². The average Bonchev–Trinajstić information content (AvgIpc) is 2.70. The fourth-order valence-corrected chi connectivity index (χ4v) is 4.01. The lowest BCUT2D eigenvalue weighted by molar-refractivity contribution is 0.472. The Balaban J connectivity index is 1.56. The van der Waals surface area contributed by atoms with Gasteiger partial charge < -0.3 is 14.9 Å². The summed E-state index contributed by atoms with van der Waals surface area (Å²) in [6.07, 6.45) is 5.77. The van der Waals surface area contributed by atoms with Crippen LogP contribution < -0.4 is 9.80 Å². The number of nitrogens with zero attached hydrogens (tertiary/aromatic N) is 3. The molecule has 1 N–H and O–H groups in total. The van der Waals surface area contributed by atoms with E-state index in [9.17, 15) is 5.11 Å². The summed E-state index contributed by atoms with van der Waals surface area (Å²) in [5, 5.41) is 9.97. The van der Waals surface area contributed by atoms with Crippen molar-refractivity contribution < 1.29 is 5.11 Å². The predicted octanol–water partition coefficient (Wildman–Crippen LogP) is 5.36. The lowest BCUT2D eigenvalue weighted by atomic mass is 10.0. The van der Waals surface area contributed by atoms with Crippen LogP contribution in [0.2, 0.25) is 0 Å². The molecular weight excluding hydrogens is 402 g/mol. The van der Waals surface area contributed by atoms with Crippen LogP contribution in [0.4, 0.5) is 17.1 Å². The molecule has 0 saturated carbocycles. The van der Waals surface area contributed by atoms with Crippen molar-refractivity contribution in [2.75, 3.05) is 22.9 Å². The van der Waals surface area contributed by atoms with Gasteiger partial charge >= 0.3 is 0 Å². The molecule has 138 valence electrons. The zero-order valence-corrected chi connectivity index (χ0v) is 16.6. The molecule has 1 fully saturated rings. The number of anilines is 3. The third-order valence-corrected chi connectivity index (χ3v) is 5.58. The summed E-state index contributed by atoms with van der Waals surface area (Å²) in [5.41, 5.74) is 3.33. The largest absolute Gasteiger partial charge is 0.508 e. The Labute approximate surface area is 168 Å². The number of halogens is 1. The SMILES string of the molecule is Oc1cccc(N(c2cccnc2)C2CCN(c3ccc(Br)cc3)CC2)c1. The standard InChI is InChI=1S/C22H22BrN3O/c23-17-6-8-18(9-7-17)25-13-10-19(11-14-25)26(21-4-2-12-24-16-21)20-3-1-5-22(27)15-20/h1-9,12,15-16,19,27H,10-11,13-14H2. The second kappa shape index (κ2) is 8.01. The Kier molecular flexibility index (Phi) is 5.30. The van der Waals surface area contributed by atoms with E-state index in [0.717, 1.165) is 41.8 Å². The van der Waals surface area contributed by atoms with Gasteiger partial charge in [0.25, 0.3) is 0 Å². The summed E-state index contributed by atoms with van der Waals surface area (Å²) in [6.45, 7) is 2.00. The van der Waals surface area contributed by atoms with E-state index in [0.29, 0.717) is 6.04 Å². The predicted molar refractivity (Wildman–Crippen MR) is 114 cm³/mol. The summed E-state index contributed by atoms with van der Waals surface area (Å²) in [6, 6.07) is 20.4. The van der Waals surface area contributed by atoms with E-state index < -0.39 is 0 Å². The molecule has 4 nitrogen and oxygen atoms in total. The number of benzene rings is 2. The van der Waals surface area contributed by atoms with Gasteiger partial charge in [-0.2, -0.15) is 0 Å². The normalized spacial score (nSPS) is 14.9. The highest BCUT2D eigenvalue weighted by Crippen LogP contribution is 2.34. The average molecular weight is 424 g/mol. The zero-order valence-electron chi connectivity index (χ0n) is 15.0. The van der Waals surface area contributed by atoms with Gasteiger partial charge in [0.2, 0.25) is 0 Å². The maximum atomic E-state index is 9.97. The van der Waals surface area contributed by atoms with Crippen LogP contribution in [-0.4, -0.2) is 29.2 Å². The molecule has 0 aliphatic carbocycles. The summed E-state index contributed by atoms with van der Waals surface area (Å²) < 4.78 is 1.10. The van der Waals surface area contributed by atoms with Gasteiger partial charge in [0.1, 0.15) is 5.75 Å². The van der Waals surface area contributed by atoms with Gasteiger partial charge in [0, 0.05) is 47.2 Å². The molecule has 0 unspecified atom stereocenters. The fourth-order valence-electron chi connectivity index (χ4n) is 3.74. The molecule has 4 rings (SSSR count). The number of phenols is 1. The number of phenolic OH excluding ortho intramolecular Hbond substituents is 1. The number of hydrogen-bond acceptors (Lipinski definition) is 4. The first-order valence-corrected chi connectivity index (χ1v) is 9.99. The molecule has 2 aromatic carbocycles. The first-order valence-electron chi connectivity index (χ1n) is 9.19. The van der Waals surface area contributed by atoms with Crippen molar-refractivity contribution in [1.29, 1.82) is 0 Å². The van der Waals surface area contributed by atoms with Gasteiger partial charge in [-0.25, -0.2) is 0 Å². The van der Waals surface area contributed by atoms with Gasteiger partial charge in [0.15, 0.2) is 0 Å². The molecule has 1 aliphatic heterocycles. The number of hydrogen-bond donors (Lipinski definition) is 1. The molecule has 0 atom stereocenters. The molecule has 0 bridgehead atoms. The highest BCUT2D eigenvalue weighted by atomic mass is 79.9. The first kappa shape index (κ1) is 17.9. The minimum atomic E-state index is 0.286. The maximum absolute atomic E-state index is 9.97. The highest BCUT2D eigenvalue weighted by molar-refractivity contribution is 9.10. The molecule has 1 aromatic heterocycles. The smallest absolute Gasteiger partial charge is 0.117 e. The lowest BCUT2D eigenvalue weighted by Gasteiger charge is -2.40. The van der Waals surface area contributed by atoms with Gasteiger partial charge in [-0.15, -0.1) is 0 Å². The van der Waals surface area contributed by atoms with E-state index in [4.69, 9.17) is 0 Å². The Bertz CT molecular complexity index is 878. The second-order valence-electron chi connectivity index (χ2n) is 6.80. The molecule has 2 heterocycles. The molecule has 0 spiro atoms. The van der Waals surface area contributed by atoms with Crippen molar-refractivity contribution in [3.8, 4) is 5.75 Å². The van der Waals surface area contributed by atoms with Gasteiger partial charge in [-0.1, -0.05) is 22.0 Å². The highest BCUT2D eigenvalue weighted by Gasteiger charge is 2.26. The molecule has 5 heteroatoms. The zero-order chi connectivity index (χ0) is 18.6. The van der Waals surface area contributed by atoms with E-state index in [-0.39, 0.29) is 5.75 Å². The number of rotatable bonds is 4. The monoisotopic (exact) mass is 423 g/mol. The Morgan fingerprint density at radius 1 is 0.963 bits per heavy atom. The van der Waals surface area contributed by atoms with E-state index >= 15 is 0 Å². The Morgan fingerprint density at radius 3 is 2.37 bits per heavy atom. The van der Waals surface area contributed by atoms with E-state index in [2.05, 4.69) is 61.0 Å². The van der Waals surface area contributed by atoms with Crippen molar-refractivity contribution in [3.05, 3.63) is 77.5 Å². The number of pyridine rings is 1. The minimum Gasteiger partial charge on any atom is -0.508 e. The number of piperidine rings is 1. The van der Waals surface area contributed by atoms with Crippen LogP contribution >= 0.6 is 15.9 Å². The third kappa shape index (κ3) is 4.08. The number of aromatic hydroxyl groups is 1. The molecule has 27 heavy (non-hydrogen) atoms. The summed E-state index contributed by atoms with van der Waals surface area (Å²) >= 11 is 3.50. The minimum absolute atomic E-state index is 0.286. The van der Waals surface area contributed by atoms with Gasteiger partial charge in [-0.3, -0.25) is 4.98 Å². The molecule has 1 aliphatic rings. The summed E-state index contributed by atoms with van der Waals surface area (Å²) in [5.74, 6) is 0.286. The Morgan fingerprint density at radius 2 is 1.70 bits per heavy atom. The van der Waals surface area contributed by atoms with Gasteiger partial charge in [-0.05, 0) is 61.4 Å². The molecule has 0 amide bonds. The van der Waals surface area contributed by atoms with Crippen molar-refractivity contribution in [1.82, 2.24) is 4.98 Å². The van der Waals surface area contributed by atoms with Crippen LogP contribution in [0.3, 0.4) is 0 Å². The fraction of sp³-hybridized carbons (Fsp3) is 0.227. The van der Waals surface area contributed by atoms with Crippen LogP contribution in [0.25, 0.3) is 0 Å². The molecule has 1 saturated heterocycles. The van der Waals surface area contributed by atoms with Crippen molar-refractivity contribution in [2.45, 2.75) is 18.9 Å². The van der Waals surface area contributed by atoms with Crippen molar-refractivity contribution >= 4 is 33.0 Å². The van der Waals surface area contributed by atoms with Crippen LogP contribution in [0.5, 0.6) is 5.75 Å². The summed E-state index contributed by atoms with van der Waals surface area (Å²) in [4.78, 5) is 9.05. The van der Waals surface area contributed by atoms with E-state index in [1.807, 2.05) is 30.5 Å². The van der Waals surface area contributed by atoms with Crippen LogP contribution in [0.15, 0.2) is 77.5 Å². The maximum Gasteiger partial charge on any atom is 0.117 e. The van der Waals surface area contributed by atoms with Crippen LogP contribution in [0, 0.1) is 0 Å². The molecule has 3 aromatic rings. The van der Waals surface area contributed by atoms with E-state index in [1.165, 1.54) is 5.69 Å². The second-order valence-corrected chi connectivity index (χ2v) is 7.71. The van der Waals surface area contributed by atoms with E-state index in [1.54, 1.807) is 12.3 Å². The topological polar surface area (TPSA) is 39.6 Å². The molecule has 0 radical (unpaired) electrons.